The van der Waals surface area contributed by atoms with Gasteiger partial charge in [0, 0.05) is 29.3 Å². The minimum atomic E-state index is -0.208. The van der Waals surface area contributed by atoms with Crippen LogP contribution in [0.2, 0.25) is 0 Å². The molecule has 0 atom stereocenters. The monoisotopic (exact) mass is 421 g/mol. The van der Waals surface area contributed by atoms with Crippen molar-refractivity contribution < 1.29 is 9.53 Å². The Morgan fingerprint density at radius 2 is 2.13 bits per heavy atom. The Morgan fingerprint density at radius 1 is 1.33 bits per heavy atom. The number of carbonyl (C=O) groups excluding carboxylic acids is 1. The number of nitriles is 1. The van der Waals surface area contributed by atoms with Crippen molar-refractivity contribution in [2.24, 2.45) is 0 Å². The molecule has 1 amide bonds. The number of rotatable bonds is 5. The Kier molecular flexibility index (Phi) is 5.60. The largest absolute Gasteiger partial charge is 0.495 e. The summed E-state index contributed by atoms with van der Waals surface area (Å²) in [6, 6.07) is 9.49. The van der Waals surface area contributed by atoms with Crippen LogP contribution in [0.3, 0.4) is 0 Å². The van der Waals surface area contributed by atoms with Crippen LogP contribution in [0.1, 0.15) is 40.8 Å². The fraction of sp³-hybridized carbons (Fsp3) is 0.348. The average Bonchev–Trinajstić information content (AvgIpc) is 3.09. The second kappa shape index (κ2) is 8.33. The van der Waals surface area contributed by atoms with Gasteiger partial charge in [0.25, 0.3) is 5.56 Å². The van der Waals surface area contributed by atoms with E-state index in [-0.39, 0.29) is 24.4 Å². The lowest BCUT2D eigenvalue weighted by molar-refractivity contribution is -0.116. The van der Waals surface area contributed by atoms with E-state index in [9.17, 15) is 14.9 Å². The summed E-state index contributed by atoms with van der Waals surface area (Å²) in [6.07, 6.45) is 4.20. The number of hydrogen-bond donors (Lipinski definition) is 1. The summed E-state index contributed by atoms with van der Waals surface area (Å²) in [5, 5.41) is 14.0. The van der Waals surface area contributed by atoms with Gasteiger partial charge in [0.15, 0.2) is 0 Å². The zero-order chi connectivity index (χ0) is 21.3. The highest BCUT2D eigenvalue weighted by Gasteiger charge is 2.22. The number of aromatic nitrogens is 1. The van der Waals surface area contributed by atoms with Gasteiger partial charge in [-0.05, 0) is 49.8 Å². The Hall–Kier alpha value is -3.11. The van der Waals surface area contributed by atoms with Crippen molar-refractivity contribution in [2.75, 3.05) is 12.4 Å². The first kappa shape index (κ1) is 20.2. The Labute approximate surface area is 178 Å². The highest BCUT2D eigenvalue weighted by molar-refractivity contribution is 7.16. The topological polar surface area (TPSA) is 84.1 Å². The van der Waals surface area contributed by atoms with Crippen molar-refractivity contribution in [1.82, 2.24) is 4.57 Å². The molecule has 0 bridgehead atoms. The van der Waals surface area contributed by atoms with Crippen molar-refractivity contribution in [1.29, 1.82) is 5.26 Å². The molecule has 0 fully saturated rings. The second-order valence-electron chi connectivity index (χ2n) is 7.50. The third kappa shape index (κ3) is 3.59. The number of methoxy groups -OCH3 is 1. The van der Waals surface area contributed by atoms with Gasteiger partial charge in [-0.2, -0.15) is 5.26 Å². The van der Waals surface area contributed by atoms with E-state index in [2.05, 4.69) is 11.4 Å². The summed E-state index contributed by atoms with van der Waals surface area (Å²) in [4.78, 5) is 26.5. The van der Waals surface area contributed by atoms with Crippen molar-refractivity contribution >= 4 is 33.1 Å². The van der Waals surface area contributed by atoms with Crippen molar-refractivity contribution in [3.63, 3.8) is 0 Å². The number of anilines is 1. The molecular formula is C23H23N3O3S. The van der Waals surface area contributed by atoms with Gasteiger partial charge in [-0.3, -0.25) is 9.59 Å². The van der Waals surface area contributed by atoms with E-state index >= 15 is 0 Å². The molecule has 2 aromatic heterocycles. The van der Waals surface area contributed by atoms with Gasteiger partial charge in [-0.25, -0.2) is 0 Å². The molecule has 6 nitrogen and oxygen atoms in total. The number of benzene rings is 1. The number of nitrogens with one attached hydrogen (secondary N) is 1. The van der Waals surface area contributed by atoms with E-state index in [0.717, 1.165) is 42.2 Å². The first-order chi connectivity index (χ1) is 14.5. The Balaban J connectivity index is 1.58. The number of pyridine rings is 1. The molecule has 0 saturated heterocycles. The van der Waals surface area contributed by atoms with Crippen LogP contribution in [0.25, 0.3) is 10.9 Å². The molecule has 1 aromatic carbocycles. The minimum absolute atomic E-state index is 0.129. The average molecular weight is 422 g/mol. The molecule has 7 heteroatoms. The fourth-order valence-electron chi connectivity index (χ4n) is 4.13. The van der Waals surface area contributed by atoms with Crippen LogP contribution < -0.4 is 15.6 Å². The molecule has 30 heavy (non-hydrogen) atoms. The first-order valence-electron chi connectivity index (χ1n) is 10.0. The van der Waals surface area contributed by atoms with Gasteiger partial charge in [0.05, 0.1) is 18.2 Å². The molecule has 154 valence electrons. The van der Waals surface area contributed by atoms with Gasteiger partial charge in [-0.15, -0.1) is 11.3 Å². The highest BCUT2D eigenvalue weighted by Crippen LogP contribution is 2.37. The Morgan fingerprint density at radius 3 is 2.90 bits per heavy atom. The lowest BCUT2D eigenvalue weighted by Crippen LogP contribution is -2.24. The van der Waals surface area contributed by atoms with Crippen molar-refractivity contribution in [3.05, 3.63) is 56.2 Å². The van der Waals surface area contributed by atoms with E-state index in [4.69, 9.17) is 4.74 Å². The predicted molar refractivity (Wildman–Crippen MR) is 118 cm³/mol. The molecule has 1 aliphatic rings. The zero-order valence-electron chi connectivity index (χ0n) is 17.1. The summed E-state index contributed by atoms with van der Waals surface area (Å²) >= 11 is 1.51. The minimum Gasteiger partial charge on any atom is -0.495 e. The number of para-hydroxylation sites is 1. The van der Waals surface area contributed by atoms with E-state index in [1.54, 1.807) is 17.7 Å². The molecule has 4 rings (SSSR count). The summed E-state index contributed by atoms with van der Waals surface area (Å²) < 4.78 is 7.05. The number of ether oxygens (including phenoxy) is 1. The van der Waals surface area contributed by atoms with Crippen LogP contribution >= 0.6 is 11.3 Å². The SMILES string of the molecule is COc1cccc2c(C)cc(=O)n(CCC(=O)Nc3sc4c(c3C#N)CCCC4)c12. The van der Waals surface area contributed by atoms with Crippen LogP contribution in [0, 0.1) is 18.3 Å². The number of thiophene rings is 1. The smallest absolute Gasteiger partial charge is 0.251 e. The highest BCUT2D eigenvalue weighted by atomic mass is 32.1. The molecule has 1 aliphatic carbocycles. The lowest BCUT2D eigenvalue weighted by Gasteiger charge is -2.14. The summed E-state index contributed by atoms with van der Waals surface area (Å²) in [5.41, 5.74) is 3.10. The Bertz CT molecular complexity index is 1230. The molecule has 0 unspecified atom stereocenters. The number of hydrogen-bond acceptors (Lipinski definition) is 5. The van der Waals surface area contributed by atoms with E-state index in [0.29, 0.717) is 21.8 Å². The first-order valence-corrected chi connectivity index (χ1v) is 10.9. The van der Waals surface area contributed by atoms with Gasteiger partial charge in [-0.1, -0.05) is 12.1 Å². The fourth-order valence-corrected chi connectivity index (χ4v) is 5.39. The summed E-state index contributed by atoms with van der Waals surface area (Å²) in [7, 11) is 1.57. The number of aryl methyl sites for hydroxylation is 3. The summed E-state index contributed by atoms with van der Waals surface area (Å²) in [5.74, 6) is 0.395. The normalized spacial score (nSPS) is 13.0. The quantitative estimate of drug-likeness (QED) is 0.670. The van der Waals surface area contributed by atoms with Crippen LogP contribution in [-0.4, -0.2) is 17.6 Å². The third-order valence-electron chi connectivity index (χ3n) is 5.62. The number of amides is 1. The molecule has 0 spiro atoms. The van der Waals surface area contributed by atoms with E-state index in [1.165, 1.54) is 16.2 Å². The van der Waals surface area contributed by atoms with Crippen molar-refractivity contribution in [3.8, 4) is 11.8 Å². The zero-order valence-corrected chi connectivity index (χ0v) is 17.9. The maximum atomic E-state index is 12.7. The van der Waals surface area contributed by atoms with Crippen molar-refractivity contribution in [2.45, 2.75) is 45.6 Å². The lowest BCUT2D eigenvalue weighted by atomic mass is 9.96. The van der Waals surface area contributed by atoms with E-state index < -0.39 is 0 Å². The van der Waals surface area contributed by atoms with Crippen LogP contribution in [0.15, 0.2) is 29.1 Å². The third-order valence-corrected chi connectivity index (χ3v) is 6.83. The second-order valence-corrected chi connectivity index (χ2v) is 8.60. The number of carbonyl (C=O) groups is 1. The van der Waals surface area contributed by atoms with Gasteiger partial charge in [0.1, 0.15) is 16.8 Å². The molecule has 1 N–H and O–H groups in total. The molecule has 0 aliphatic heterocycles. The van der Waals surface area contributed by atoms with Crippen LogP contribution in [-0.2, 0) is 24.2 Å². The summed E-state index contributed by atoms with van der Waals surface area (Å²) in [6.45, 7) is 2.12. The maximum absolute atomic E-state index is 12.7. The molecule has 2 heterocycles. The van der Waals surface area contributed by atoms with Gasteiger partial charge < -0.3 is 14.6 Å². The number of nitrogens with zero attached hydrogens (tertiary/aromatic N) is 2. The van der Waals surface area contributed by atoms with E-state index in [1.807, 2.05) is 25.1 Å². The standard InChI is InChI=1S/C23H23N3O3S/c1-14-12-21(28)26(22-15(14)7-5-8-18(22)29-2)11-10-20(27)25-23-17(13-24)16-6-3-4-9-19(16)30-23/h5,7-8,12H,3-4,6,9-11H2,1-2H3,(H,25,27). The maximum Gasteiger partial charge on any atom is 0.251 e. The number of fused-ring (bicyclic) bond motifs is 2. The predicted octanol–water partition coefficient (Wildman–Crippen LogP) is 4.16. The van der Waals surface area contributed by atoms with Gasteiger partial charge in [0.2, 0.25) is 5.91 Å². The van der Waals surface area contributed by atoms with Gasteiger partial charge >= 0.3 is 0 Å². The van der Waals surface area contributed by atoms with Crippen LogP contribution in [0.5, 0.6) is 5.75 Å². The molecular weight excluding hydrogens is 398 g/mol. The molecule has 0 saturated carbocycles. The van der Waals surface area contributed by atoms with Crippen LogP contribution in [0.4, 0.5) is 5.00 Å². The molecule has 0 radical (unpaired) electrons. The molecule has 3 aromatic rings.